The van der Waals surface area contributed by atoms with Crippen molar-refractivity contribution in [3.8, 4) is 22.3 Å². The lowest BCUT2D eigenvalue weighted by Gasteiger charge is -2.06. The van der Waals surface area contributed by atoms with E-state index in [9.17, 15) is 0 Å². The van der Waals surface area contributed by atoms with Gasteiger partial charge in [0.05, 0.1) is 0 Å². The maximum Gasteiger partial charge on any atom is -0.000719 e. The average molecular weight is 251 g/mol. The van der Waals surface area contributed by atoms with Gasteiger partial charge in [-0.05, 0) is 55.9 Å². The molecule has 4 aromatic carbocycles. The summed E-state index contributed by atoms with van der Waals surface area (Å²) < 4.78 is 0. The highest BCUT2D eigenvalue weighted by atomic mass is 14.2. The van der Waals surface area contributed by atoms with E-state index in [1.165, 1.54) is 43.8 Å². The number of benzene rings is 4. The van der Waals surface area contributed by atoms with Crippen LogP contribution in [0.4, 0.5) is 0 Å². The van der Waals surface area contributed by atoms with E-state index in [1.54, 1.807) is 0 Å². The van der Waals surface area contributed by atoms with Crippen LogP contribution in [-0.2, 0) is 0 Å². The smallest absolute Gasteiger partial charge is 0.000719 e. The van der Waals surface area contributed by atoms with Crippen molar-refractivity contribution in [2.75, 3.05) is 0 Å². The Bertz CT molecular complexity index is 993. The fraction of sp³-hybridized carbons (Fsp3) is 0. The number of rotatable bonds is 0. The van der Waals surface area contributed by atoms with Crippen molar-refractivity contribution in [3.63, 3.8) is 0 Å². The molecule has 0 spiro atoms. The molecule has 0 amide bonds. The second kappa shape index (κ2) is 3.49. The predicted molar refractivity (Wildman–Crippen MR) is 84.7 cm³/mol. The molecule has 2 aliphatic rings. The summed E-state index contributed by atoms with van der Waals surface area (Å²) in [5, 5.41) is 5.23. The van der Waals surface area contributed by atoms with Gasteiger partial charge >= 0.3 is 0 Å². The molecule has 0 atom stereocenters. The van der Waals surface area contributed by atoms with Gasteiger partial charge in [-0.15, -0.1) is 0 Å². The monoisotopic (exact) mass is 251 g/mol. The van der Waals surface area contributed by atoms with E-state index in [0.29, 0.717) is 0 Å². The molecule has 0 heteroatoms. The first-order chi connectivity index (χ1) is 9.92. The van der Waals surface area contributed by atoms with Crippen LogP contribution >= 0.6 is 0 Å². The average Bonchev–Trinajstić information content (AvgIpc) is 2.72. The molecular weight excluding hydrogens is 240 g/mol. The molecule has 4 bridgehead atoms. The minimum absolute atomic E-state index is 1.20. The molecular formula is C20H11. The van der Waals surface area contributed by atoms with Crippen molar-refractivity contribution in [3.05, 3.63) is 72.8 Å². The zero-order valence-electron chi connectivity index (χ0n) is 10.9. The van der Waals surface area contributed by atoms with Crippen molar-refractivity contribution >= 4 is 21.5 Å². The van der Waals surface area contributed by atoms with Gasteiger partial charge in [0, 0.05) is 0 Å². The van der Waals surface area contributed by atoms with Gasteiger partial charge < -0.3 is 0 Å². The summed E-state index contributed by atoms with van der Waals surface area (Å²) >= 11 is 0. The fourth-order valence-electron chi connectivity index (χ4n) is 3.35. The van der Waals surface area contributed by atoms with Gasteiger partial charge in [0.15, 0.2) is 0 Å². The van der Waals surface area contributed by atoms with Gasteiger partial charge in [0.25, 0.3) is 0 Å². The zero-order valence-corrected chi connectivity index (χ0v) is 10.9. The van der Waals surface area contributed by atoms with Gasteiger partial charge in [0.2, 0.25) is 0 Å². The molecule has 6 rings (SSSR count). The summed E-state index contributed by atoms with van der Waals surface area (Å²) in [5.41, 5.74) is 5.01. The Labute approximate surface area is 117 Å². The van der Waals surface area contributed by atoms with Crippen LogP contribution in [0, 0.1) is 6.07 Å². The Morgan fingerprint density at radius 1 is 0.600 bits per heavy atom. The molecule has 4 aromatic rings. The third-order valence-electron chi connectivity index (χ3n) is 4.27. The highest BCUT2D eigenvalue weighted by Crippen LogP contribution is 2.43. The van der Waals surface area contributed by atoms with Crippen molar-refractivity contribution in [1.29, 1.82) is 0 Å². The lowest BCUT2D eigenvalue weighted by molar-refractivity contribution is 1.73. The zero-order chi connectivity index (χ0) is 13.1. The lowest BCUT2D eigenvalue weighted by Crippen LogP contribution is -1.80. The number of hydrogen-bond acceptors (Lipinski definition) is 0. The Morgan fingerprint density at radius 3 is 2.10 bits per heavy atom. The molecule has 1 radical (unpaired) electrons. The van der Waals surface area contributed by atoms with Crippen LogP contribution in [0.25, 0.3) is 43.8 Å². The van der Waals surface area contributed by atoms with Crippen LogP contribution in [-0.4, -0.2) is 0 Å². The van der Waals surface area contributed by atoms with E-state index in [-0.39, 0.29) is 0 Å². The van der Waals surface area contributed by atoms with E-state index in [4.69, 9.17) is 0 Å². The van der Waals surface area contributed by atoms with Crippen molar-refractivity contribution in [2.45, 2.75) is 0 Å². The topological polar surface area (TPSA) is 0 Å². The Morgan fingerprint density at radius 2 is 1.25 bits per heavy atom. The summed E-state index contributed by atoms with van der Waals surface area (Å²) in [5.74, 6) is 0. The van der Waals surface area contributed by atoms with Crippen molar-refractivity contribution < 1.29 is 0 Å². The Kier molecular flexibility index (Phi) is 1.78. The molecule has 0 aromatic heterocycles. The Hall–Kier alpha value is -2.60. The van der Waals surface area contributed by atoms with Crippen LogP contribution < -0.4 is 0 Å². The van der Waals surface area contributed by atoms with E-state index < -0.39 is 0 Å². The first-order valence-corrected chi connectivity index (χ1v) is 6.89. The van der Waals surface area contributed by atoms with Crippen molar-refractivity contribution in [2.24, 2.45) is 0 Å². The first kappa shape index (κ1) is 10.2. The quantitative estimate of drug-likeness (QED) is 0.344. The second-order valence-corrected chi connectivity index (χ2v) is 5.35. The standard InChI is InChI=1S/C20H11/c1-2-6-15-13(5-1)11-14-12-20(15)19-10-9-16(14)17-7-3-4-8-18(17)19/h1-11H. The predicted octanol–water partition coefficient (Wildman–Crippen LogP) is 5.44. The molecule has 0 saturated carbocycles. The van der Waals surface area contributed by atoms with Gasteiger partial charge in [-0.25, -0.2) is 0 Å². The first-order valence-electron chi connectivity index (χ1n) is 6.89. The van der Waals surface area contributed by atoms with Crippen LogP contribution in [0.3, 0.4) is 0 Å². The van der Waals surface area contributed by atoms with Crippen LogP contribution in [0.1, 0.15) is 0 Å². The van der Waals surface area contributed by atoms with Crippen molar-refractivity contribution in [1.82, 2.24) is 0 Å². The third-order valence-corrected chi connectivity index (χ3v) is 4.27. The largest absolute Gasteiger partial charge is 0.0616 e. The molecule has 91 valence electrons. The normalized spacial score (nSPS) is 12.0. The van der Waals surface area contributed by atoms with E-state index in [0.717, 1.165) is 0 Å². The molecule has 20 heavy (non-hydrogen) atoms. The molecule has 0 unspecified atom stereocenters. The summed E-state index contributed by atoms with van der Waals surface area (Å²) in [6.45, 7) is 0. The summed E-state index contributed by atoms with van der Waals surface area (Å²) in [7, 11) is 0. The second-order valence-electron chi connectivity index (χ2n) is 5.35. The molecule has 0 N–H and O–H groups in total. The summed E-state index contributed by atoms with van der Waals surface area (Å²) in [4.78, 5) is 0. The molecule has 0 fully saturated rings. The lowest BCUT2D eigenvalue weighted by atomic mass is 9.97. The number of fused-ring (bicyclic) bond motifs is 2. The van der Waals surface area contributed by atoms with Crippen LogP contribution in [0.5, 0.6) is 0 Å². The minimum atomic E-state index is 1.20. The van der Waals surface area contributed by atoms with Gasteiger partial charge in [-0.1, -0.05) is 60.7 Å². The molecule has 0 aliphatic heterocycles. The highest BCUT2D eigenvalue weighted by molar-refractivity contribution is 6.13. The van der Waals surface area contributed by atoms with E-state index in [1.807, 2.05) is 0 Å². The Balaban J connectivity index is 2.12. The fourth-order valence-corrected chi connectivity index (χ4v) is 3.35. The SMILES string of the molecule is [c]1c2cc3ccccc3c1-c1ccc-2c2ccccc12. The van der Waals surface area contributed by atoms with Crippen LogP contribution in [0.2, 0.25) is 0 Å². The van der Waals surface area contributed by atoms with E-state index >= 15 is 0 Å². The van der Waals surface area contributed by atoms with E-state index in [2.05, 4.69) is 72.8 Å². The maximum absolute atomic E-state index is 3.62. The molecule has 2 aliphatic carbocycles. The summed E-state index contributed by atoms with van der Waals surface area (Å²) in [6, 6.07) is 27.6. The van der Waals surface area contributed by atoms with Crippen LogP contribution in [0.15, 0.2) is 66.7 Å². The van der Waals surface area contributed by atoms with Gasteiger partial charge in [0.1, 0.15) is 0 Å². The molecule has 0 saturated heterocycles. The molecule has 0 nitrogen and oxygen atoms in total. The van der Waals surface area contributed by atoms with Gasteiger partial charge in [-0.3, -0.25) is 0 Å². The summed E-state index contributed by atoms with van der Waals surface area (Å²) in [6.07, 6.45) is 0. The molecule has 0 heterocycles. The van der Waals surface area contributed by atoms with Gasteiger partial charge in [-0.2, -0.15) is 0 Å². The highest BCUT2D eigenvalue weighted by Gasteiger charge is 2.17. The minimum Gasteiger partial charge on any atom is -0.0616 e. The number of hydrogen-bond donors (Lipinski definition) is 0. The third kappa shape index (κ3) is 1.16. The maximum atomic E-state index is 3.62.